The van der Waals surface area contributed by atoms with Crippen LogP contribution in [0.2, 0.25) is 0 Å². The van der Waals surface area contributed by atoms with Gasteiger partial charge in [-0.1, -0.05) is 54.2 Å². The molecule has 5 aromatic carbocycles. The molecule has 36 heavy (non-hydrogen) atoms. The molecule has 1 nitrogen and oxygen atoms in total. The van der Waals surface area contributed by atoms with Crippen molar-refractivity contribution in [1.29, 1.82) is 0 Å². The Labute approximate surface area is 216 Å². The number of hydrogen-bond donors (Lipinski definition) is 0. The lowest BCUT2D eigenvalue weighted by Gasteiger charge is -2.12. The van der Waals surface area contributed by atoms with E-state index in [4.69, 9.17) is 0 Å². The molecule has 5 heteroatoms. The molecule has 0 atom stereocenters. The summed E-state index contributed by atoms with van der Waals surface area (Å²) in [6.07, 6.45) is 0. The second-order valence-electron chi connectivity index (χ2n) is 7.98. The van der Waals surface area contributed by atoms with E-state index >= 15 is 0 Å². The molecule has 5 rings (SSSR count). The second kappa shape index (κ2) is 10.9. The van der Waals surface area contributed by atoms with Crippen molar-refractivity contribution in [2.45, 2.75) is 24.5 Å². The Kier molecular flexibility index (Phi) is 7.31. The third-order valence-corrected chi connectivity index (χ3v) is 9.04. The summed E-state index contributed by atoms with van der Waals surface area (Å²) in [6, 6.07) is 37.9. The fourth-order valence-corrected chi connectivity index (χ4v) is 7.09. The zero-order valence-electron chi connectivity index (χ0n) is 19.1. The summed E-state index contributed by atoms with van der Waals surface area (Å²) >= 11 is 1.60. The molecule has 0 heterocycles. The van der Waals surface area contributed by atoms with Gasteiger partial charge in [-0.2, -0.15) is 0 Å². The first kappa shape index (κ1) is 24.0. The van der Waals surface area contributed by atoms with Crippen LogP contribution in [-0.4, -0.2) is 5.78 Å². The summed E-state index contributed by atoms with van der Waals surface area (Å²) in [7, 11) is -0.561. The average molecular weight is 512 g/mol. The number of rotatable bonds is 7. The molecule has 0 aliphatic carbocycles. The Balaban J connectivity index is 1.48. The lowest BCUT2D eigenvalue weighted by atomic mass is 10.0. The van der Waals surface area contributed by atoms with E-state index in [0.717, 1.165) is 24.5 Å². The van der Waals surface area contributed by atoms with Crippen molar-refractivity contribution in [2.24, 2.45) is 0 Å². The van der Waals surface area contributed by atoms with Gasteiger partial charge in [-0.3, -0.25) is 4.79 Å². The molecule has 0 amide bonds. The van der Waals surface area contributed by atoms with Crippen LogP contribution in [0.25, 0.3) is 0 Å². The highest BCUT2D eigenvalue weighted by Crippen LogP contribution is 2.39. The van der Waals surface area contributed by atoms with Gasteiger partial charge in [0.05, 0.1) is 4.90 Å². The third-order valence-electron chi connectivity index (χ3n) is 5.55. The van der Waals surface area contributed by atoms with Crippen molar-refractivity contribution in [3.8, 4) is 0 Å². The summed E-state index contributed by atoms with van der Waals surface area (Å²) in [5.41, 5.74) is 1.29. The van der Waals surface area contributed by atoms with Gasteiger partial charge in [0, 0.05) is 16.0 Å². The highest BCUT2D eigenvalue weighted by atomic mass is 32.2. The minimum absolute atomic E-state index is 0.0123. The van der Waals surface area contributed by atoms with Crippen LogP contribution in [0.5, 0.6) is 0 Å². The highest BCUT2D eigenvalue weighted by molar-refractivity contribution is 8.01. The molecule has 0 bridgehead atoms. The number of carbonyl (C=O) groups is 1. The number of hydrogen-bond acceptors (Lipinski definition) is 2. The summed E-state index contributed by atoms with van der Waals surface area (Å²) < 4.78 is 27.4. The highest BCUT2D eigenvalue weighted by Gasteiger charge is 2.31. The maximum atomic E-state index is 13.7. The quantitative estimate of drug-likeness (QED) is 0.161. The SMILES string of the molecule is O=C(c1ccccc1)c1ccc(Sc2ccccc2[S+](c2ccc(F)cc2)c2ccc(F)cc2)cc1. The zero-order valence-corrected chi connectivity index (χ0v) is 20.7. The maximum absolute atomic E-state index is 13.7. The number of carbonyl (C=O) groups excluding carboxylic acids is 1. The van der Waals surface area contributed by atoms with E-state index in [1.807, 2.05) is 66.7 Å². The van der Waals surface area contributed by atoms with Crippen LogP contribution in [0.3, 0.4) is 0 Å². The van der Waals surface area contributed by atoms with E-state index in [9.17, 15) is 13.6 Å². The Morgan fingerprint density at radius 3 is 1.64 bits per heavy atom. The third kappa shape index (κ3) is 5.43. The van der Waals surface area contributed by atoms with Crippen LogP contribution in [0, 0.1) is 11.6 Å². The summed E-state index contributed by atoms with van der Waals surface area (Å²) in [4.78, 5) is 17.7. The Morgan fingerprint density at radius 1 is 0.556 bits per heavy atom. The number of halogens is 2. The van der Waals surface area contributed by atoms with Gasteiger partial charge >= 0.3 is 0 Å². The Bertz CT molecular complexity index is 1420. The largest absolute Gasteiger partial charge is 0.289 e. The standard InChI is InChI=1S/C31H21F2OS2/c32-24-12-18-27(19-13-24)36(28-20-14-25(33)15-21-28)30-9-5-4-8-29(30)35-26-16-10-23(11-17-26)31(34)22-6-2-1-3-7-22/h1-21H/q+1. The molecular formula is C31H21F2OS2+. The molecule has 176 valence electrons. The van der Waals surface area contributed by atoms with Gasteiger partial charge in [-0.25, -0.2) is 8.78 Å². The number of ketones is 1. The van der Waals surface area contributed by atoms with E-state index in [0.29, 0.717) is 11.1 Å². The molecule has 0 saturated carbocycles. The van der Waals surface area contributed by atoms with Crippen LogP contribution in [-0.2, 0) is 10.9 Å². The Hall–Kier alpha value is -3.67. The molecule has 0 aliphatic heterocycles. The van der Waals surface area contributed by atoms with Crippen molar-refractivity contribution in [2.75, 3.05) is 0 Å². The van der Waals surface area contributed by atoms with Crippen molar-refractivity contribution in [3.05, 3.63) is 150 Å². The van der Waals surface area contributed by atoms with E-state index in [1.165, 1.54) is 24.3 Å². The maximum Gasteiger partial charge on any atom is 0.193 e. The van der Waals surface area contributed by atoms with Crippen LogP contribution in [0.1, 0.15) is 15.9 Å². The minimum atomic E-state index is -0.561. The first-order valence-corrected chi connectivity index (χ1v) is 13.3. The molecule has 0 spiro atoms. The van der Waals surface area contributed by atoms with Crippen molar-refractivity contribution >= 4 is 28.4 Å². The topological polar surface area (TPSA) is 17.1 Å². The van der Waals surface area contributed by atoms with Gasteiger partial charge in [-0.15, -0.1) is 0 Å². The fourth-order valence-electron chi connectivity index (χ4n) is 3.79. The predicted molar refractivity (Wildman–Crippen MR) is 142 cm³/mol. The normalized spacial score (nSPS) is 11.0. The predicted octanol–water partition coefficient (Wildman–Crippen LogP) is 8.44. The zero-order chi connectivity index (χ0) is 24.9. The van der Waals surface area contributed by atoms with E-state index < -0.39 is 10.9 Å². The van der Waals surface area contributed by atoms with Gasteiger partial charge in [0.25, 0.3) is 0 Å². The lowest BCUT2D eigenvalue weighted by Crippen LogP contribution is -2.06. The molecular weight excluding hydrogens is 490 g/mol. The van der Waals surface area contributed by atoms with E-state index in [1.54, 1.807) is 36.0 Å². The van der Waals surface area contributed by atoms with E-state index in [2.05, 4.69) is 12.1 Å². The minimum Gasteiger partial charge on any atom is -0.289 e. The molecule has 0 saturated heterocycles. The van der Waals surface area contributed by atoms with Crippen LogP contribution in [0.4, 0.5) is 8.78 Å². The molecule has 0 fully saturated rings. The molecule has 0 unspecified atom stereocenters. The fraction of sp³-hybridized carbons (Fsp3) is 0. The van der Waals surface area contributed by atoms with Gasteiger partial charge < -0.3 is 0 Å². The second-order valence-corrected chi connectivity index (χ2v) is 11.1. The van der Waals surface area contributed by atoms with Crippen LogP contribution < -0.4 is 0 Å². The Morgan fingerprint density at radius 2 is 1.06 bits per heavy atom. The molecule has 0 radical (unpaired) electrons. The summed E-state index contributed by atoms with van der Waals surface area (Å²) in [5, 5.41) is 0. The van der Waals surface area contributed by atoms with Crippen LogP contribution >= 0.6 is 11.8 Å². The average Bonchev–Trinajstić information content (AvgIpc) is 2.92. The first-order chi connectivity index (χ1) is 17.6. The van der Waals surface area contributed by atoms with Gasteiger partial charge in [0.15, 0.2) is 20.5 Å². The van der Waals surface area contributed by atoms with Gasteiger partial charge in [-0.05, 0) is 84.9 Å². The smallest absolute Gasteiger partial charge is 0.193 e. The monoisotopic (exact) mass is 511 g/mol. The van der Waals surface area contributed by atoms with E-state index in [-0.39, 0.29) is 17.4 Å². The van der Waals surface area contributed by atoms with Crippen molar-refractivity contribution in [1.82, 2.24) is 0 Å². The summed E-state index contributed by atoms with van der Waals surface area (Å²) in [5.74, 6) is -0.606. The van der Waals surface area contributed by atoms with Crippen molar-refractivity contribution < 1.29 is 13.6 Å². The lowest BCUT2D eigenvalue weighted by molar-refractivity contribution is 0.103. The summed E-state index contributed by atoms with van der Waals surface area (Å²) in [6.45, 7) is 0. The molecule has 5 aromatic rings. The first-order valence-electron chi connectivity index (χ1n) is 11.3. The van der Waals surface area contributed by atoms with Gasteiger partial charge in [0.2, 0.25) is 0 Å². The molecule has 0 N–H and O–H groups in total. The van der Waals surface area contributed by atoms with Gasteiger partial charge in [0.1, 0.15) is 22.5 Å². The van der Waals surface area contributed by atoms with Crippen LogP contribution in [0.15, 0.2) is 152 Å². The van der Waals surface area contributed by atoms with Crippen molar-refractivity contribution in [3.63, 3.8) is 0 Å². The molecule has 0 aliphatic rings. The molecule has 0 aromatic heterocycles. The number of benzene rings is 5.